The molecule has 0 spiro atoms. The van der Waals surface area contributed by atoms with Crippen molar-refractivity contribution in [1.29, 1.82) is 0 Å². The molecule has 0 unspecified atom stereocenters. The number of carbonyl (C=O) groups excluding carboxylic acids is 2. The Morgan fingerprint density at radius 3 is 2.24 bits per heavy atom. The monoisotopic (exact) mass is 338 g/mol. The molecule has 0 saturated heterocycles. The molecule has 2 aromatic carbocycles. The lowest BCUT2D eigenvalue weighted by Crippen LogP contribution is -2.22. The molecule has 0 aliphatic rings. The second kappa shape index (κ2) is 7.97. The maximum atomic E-state index is 12.3. The van der Waals surface area contributed by atoms with Crippen molar-refractivity contribution in [3.8, 4) is 0 Å². The van der Waals surface area contributed by atoms with Gasteiger partial charge in [-0.2, -0.15) is 0 Å². The molecule has 132 valence electrons. The summed E-state index contributed by atoms with van der Waals surface area (Å²) in [4.78, 5) is 24.5. The van der Waals surface area contributed by atoms with Crippen molar-refractivity contribution in [3.05, 3.63) is 58.7 Å². The summed E-state index contributed by atoms with van der Waals surface area (Å²) in [5.74, 6) is -0.332. The van der Waals surface area contributed by atoms with Crippen LogP contribution in [0.15, 0.2) is 36.4 Å². The van der Waals surface area contributed by atoms with Crippen molar-refractivity contribution in [3.63, 3.8) is 0 Å². The van der Waals surface area contributed by atoms with Crippen LogP contribution in [0, 0.1) is 20.8 Å². The fourth-order valence-electron chi connectivity index (χ4n) is 2.82. The van der Waals surface area contributed by atoms with Gasteiger partial charge in [-0.1, -0.05) is 49.7 Å². The van der Waals surface area contributed by atoms with Crippen LogP contribution in [0.5, 0.6) is 0 Å². The van der Waals surface area contributed by atoms with Crippen LogP contribution >= 0.6 is 0 Å². The second-order valence-corrected chi connectivity index (χ2v) is 6.79. The molecule has 2 rings (SSSR count). The zero-order valence-corrected chi connectivity index (χ0v) is 15.6. The predicted octanol–water partition coefficient (Wildman–Crippen LogP) is 4.70. The summed E-state index contributed by atoms with van der Waals surface area (Å²) in [5.41, 5.74) is 5.73. The number of carbonyl (C=O) groups is 2. The zero-order valence-electron chi connectivity index (χ0n) is 15.6. The maximum absolute atomic E-state index is 12.3. The Hall–Kier alpha value is -2.62. The molecule has 0 bridgehead atoms. The van der Waals surface area contributed by atoms with Gasteiger partial charge < -0.3 is 10.6 Å². The maximum Gasteiger partial charge on any atom is 0.233 e. The van der Waals surface area contributed by atoms with E-state index < -0.39 is 0 Å². The van der Waals surface area contributed by atoms with Crippen molar-refractivity contribution < 1.29 is 9.59 Å². The van der Waals surface area contributed by atoms with Crippen LogP contribution < -0.4 is 10.6 Å². The second-order valence-electron chi connectivity index (χ2n) is 6.79. The Bertz CT molecular complexity index is 794. The first-order valence-electron chi connectivity index (χ1n) is 8.54. The van der Waals surface area contributed by atoms with Crippen molar-refractivity contribution >= 4 is 23.2 Å². The first-order valence-corrected chi connectivity index (χ1v) is 8.54. The van der Waals surface area contributed by atoms with Gasteiger partial charge in [0.25, 0.3) is 0 Å². The van der Waals surface area contributed by atoms with Gasteiger partial charge in [-0.25, -0.2) is 0 Å². The van der Waals surface area contributed by atoms with Crippen LogP contribution in [0.25, 0.3) is 0 Å². The van der Waals surface area contributed by atoms with Crippen molar-refractivity contribution in [2.24, 2.45) is 0 Å². The van der Waals surface area contributed by atoms with E-state index in [1.54, 1.807) is 0 Å². The highest BCUT2D eigenvalue weighted by Crippen LogP contribution is 2.27. The number of benzene rings is 2. The highest BCUT2D eigenvalue weighted by Gasteiger charge is 2.15. The Kier molecular flexibility index (Phi) is 5.97. The van der Waals surface area contributed by atoms with Gasteiger partial charge in [0.1, 0.15) is 6.42 Å². The van der Waals surface area contributed by atoms with E-state index >= 15 is 0 Å². The number of aryl methyl sites for hydroxylation is 3. The molecular weight excluding hydrogens is 312 g/mol. The molecule has 2 amide bonds. The number of anilines is 2. The fourth-order valence-corrected chi connectivity index (χ4v) is 2.82. The summed E-state index contributed by atoms with van der Waals surface area (Å²) in [6, 6.07) is 11.7. The summed E-state index contributed by atoms with van der Waals surface area (Å²) in [7, 11) is 0. The van der Waals surface area contributed by atoms with E-state index in [1.165, 1.54) is 0 Å². The molecular formula is C21H26N2O2. The van der Waals surface area contributed by atoms with Crippen molar-refractivity contribution in [2.75, 3.05) is 10.6 Å². The third kappa shape index (κ3) is 4.92. The standard InChI is InChI=1S/C21H26N2O2/c1-13(2)17-8-6-7-15(4)21(17)23-20(25)12-19(24)22-18-10-9-14(3)11-16(18)5/h6-11,13H,12H2,1-5H3,(H,22,24)(H,23,25). The lowest BCUT2D eigenvalue weighted by atomic mass is 9.98. The lowest BCUT2D eigenvalue weighted by Gasteiger charge is -2.16. The van der Waals surface area contributed by atoms with E-state index in [0.717, 1.165) is 33.6 Å². The largest absolute Gasteiger partial charge is 0.325 e. The van der Waals surface area contributed by atoms with Gasteiger partial charge in [0, 0.05) is 11.4 Å². The molecule has 0 saturated carbocycles. The third-order valence-corrected chi connectivity index (χ3v) is 4.17. The van der Waals surface area contributed by atoms with E-state index in [1.807, 2.05) is 57.2 Å². The number of hydrogen-bond acceptors (Lipinski definition) is 2. The van der Waals surface area contributed by atoms with Gasteiger partial charge in [-0.05, 0) is 49.4 Å². The summed E-state index contributed by atoms with van der Waals surface area (Å²) in [5, 5.41) is 5.71. The van der Waals surface area contributed by atoms with Gasteiger partial charge in [0.2, 0.25) is 11.8 Å². The van der Waals surface area contributed by atoms with Gasteiger partial charge in [0.05, 0.1) is 0 Å². The minimum Gasteiger partial charge on any atom is -0.325 e. The van der Waals surface area contributed by atoms with E-state index in [-0.39, 0.29) is 18.2 Å². The minimum absolute atomic E-state index is 0.209. The summed E-state index contributed by atoms with van der Waals surface area (Å²) < 4.78 is 0. The van der Waals surface area contributed by atoms with Crippen LogP contribution in [-0.2, 0) is 9.59 Å². The van der Waals surface area contributed by atoms with Crippen LogP contribution in [0.2, 0.25) is 0 Å². The minimum atomic E-state index is -0.316. The van der Waals surface area contributed by atoms with Crippen molar-refractivity contribution in [2.45, 2.75) is 47.0 Å². The Labute approximate surface area is 149 Å². The highest BCUT2D eigenvalue weighted by molar-refractivity contribution is 6.08. The van der Waals surface area contributed by atoms with E-state index in [2.05, 4.69) is 24.5 Å². The normalized spacial score (nSPS) is 10.6. The number of hydrogen-bond donors (Lipinski definition) is 2. The van der Waals surface area contributed by atoms with E-state index in [4.69, 9.17) is 0 Å². The molecule has 2 N–H and O–H groups in total. The number of para-hydroxylation sites is 1. The summed E-state index contributed by atoms with van der Waals surface area (Å²) in [6.45, 7) is 10.1. The van der Waals surface area contributed by atoms with Crippen LogP contribution in [-0.4, -0.2) is 11.8 Å². The third-order valence-electron chi connectivity index (χ3n) is 4.17. The Balaban J connectivity index is 2.04. The van der Waals surface area contributed by atoms with Crippen LogP contribution in [0.4, 0.5) is 11.4 Å². The first kappa shape index (κ1) is 18.7. The van der Waals surface area contributed by atoms with Crippen molar-refractivity contribution in [1.82, 2.24) is 0 Å². The first-order chi connectivity index (χ1) is 11.8. The number of rotatable bonds is 5. The van der Waals surface area contributed by atoms with Gasteiger partial charge in [-0.15, -0.1) is 0 Å². The molecule has 0 aliphatic carbocycles. The molecule has 2 aromatic rings. The molecule has 4 heteroatoms. The number of amides is 2. The molecule has 25 heavy (non-hydrogen) atoms. The summed E-state index contributed by atoms with van der Waals surface area (Å²) >= 11 is 0. The topological polar surface area (TPSA) is 58.2 Å². The van der Waals surface area contributed by atoms with Gasteiger partial charge in [-0.3, -0.25) is 9.59 Å². The molecule has 0 fully saturated rings. The quantitative estimate of drug-likeness (QED) is 0.776. The average Bonchev–Trinajstić information content (AvgIpc) is 2.51. The smallest absolute Gasteiger partial charge is 0.233 e. The Morgan fingerprint density at radius 1 is 0.920 bits per heavy atom. The lowest BCUT2D eigenvalue weighted by molar-refractivity contribution is -0.123. The summed E-state index contributed by atoms with van der Waals surface area (Å²) in [6.07, 6.45) is -0.209. The Morgan fingerprint density at radius 2 is 1.60 bits per heavy atom. The van der Waals surface area contributed by atoms with Crippen LogP contribution in [0.1, 0.15) is 48.4 Å². The number of nitrogens with one attached hydrogen (secondary N) is 2. The SMILES string of the molecule is Cc1ccc(NC(=O)CC(=O)Nc2c(C)cccc2C(C)C)c(C)c1. The zero-order chi connectivity index (χ0) is 18.6. The highest BCUT2D eigenvalue weighted by atomic mass is 16.2. The molecule has 0 radical (unpaired) electrons. The molecule has 0 aromatic heterocycles. The molecule has 0 atom stereocenters. The predicted molar refractivity (Wildman–Crippen MR) is 103 cm³/mol. The van der Waals surface area contributed by atoms with E-state index in [0.29, 0.717) is 5.92 Å². The molecule has 0 heterocycles. The fraction of sp³-hybridized carbons (Fsp3) is 0.333. The van der Waals surface area contributed by atoms with Gasteiger partial charge in [0.15, 0.2) is 0 Å². The van der Waals surface area contributed by atoms with Gasteiger partial charge >= 0.3 is 0 Å². The van der Waals surface area contributed by atoms with Crippen LogP contribution in [0.3, 0.4) is 0 Å². The van der Waals surface area contributed by atoms with E-state index in [9.17, 15) is 9.59 Å². The molecule has 4 nitrogen and oxygen atoms in total. The average molecular weight is 338 g/mol. The molecule has 0 aliphatic heterocycles.